The van der Waals surface area contributed by atoms with Crippen LogP contribution in [0.15, 0.2) is 42.5 Å². The molecule has 7 nitrogen and oxygen atoms in total. The lowest BCUT2D eigenvalue weighted by Gasteiger charge is -2.21. The third kappa shape index (κ3) is 4.54. The SMILES string of the molecule is COc1ccccc1N1CCC(CNC(=O)Nc2ccc(C(N)=O)c(C)c2)C1. The second kappa shape index (κ2) is 8.65. The van der Waals surface area contributed by atoms with E-state index in [0.717, 1.165) is 36.5 Å². The molecule has 1 aliphatic heterocycles. The number of urea groups is 1. The maximum atomic E-state index is 12.2. The number of para-hydroxylation sites is 2. The molecular formula is C21H26N4O3. The molecular weight excluding hydrogens is 356 g/mol. The van der Waals surface area contributed by atoms with Gasteiger partial charge in [0.05, 0.1) is 12.8 Å². The molecule has 1 heterocycles. The summed E-state index contributed by atoms with van der Waals surface area (Å²) in [5, 5.41) is 5.73. The van der Waals surface area contributed by atoms with Crippen molar-refractivity contribution >= 4 is 23.3 Å². The molecule has 3 amide bonds. The molecule has 0 radical (unpaired) electrons. The fraction of sp³-hybridized carbons (Fsp3) is 0.333. The molecule has 0 bridgehead atoms. The number of nitrogens with zero attached hydrogens (tertiary/aromatic N) is 1. The van der Waals surface area contributed by atoms with Crippen LogP contribution in [0.25, 0.3) is 0 Å². The first-order valence-electron chi connectivity index (χ1n) is 9.31. The zero-order valence-electron chi connectivity index (χ0n) is 16.2. The number of hydrogen-bond acceptors (Lipinski definition) is 4. The van der Waals surface area contributed by atoms with E-state index in [1.807, 2.05) is 18.2 Å². The molecule has 1 fully saturated rings. The summed E-state index contributed by atoms with van der Waals surface area (Å²) in [5.74, 6) is 0.757. The van der Waals surface area contributed by atoms with Crippen LogP contribution < -0.4 is 26.0 Å². The van der Waals surface area contributed by atoms with Crippen molar-refractivity contribution in [3.05, 3.63) is 53.6 Å². The van der Waals surface area contributed by atoms with E-state index in [-0.39, 0.29) is 6.03 Å². The number of methoxy groups -OCH3 is 1. The van der Waals surface area contributed by atoms with Crippen molar-refractivity contribution in [1.82, 2.24) is 5.32 Å². The average molecular weight is 382 g/mol. The number of aryl methyl sites for hydroxylation is 1. The number of carbonyl (C=O) groups excluding carboxylic acids is 2. The Morgan fingerprint density at radius 3 is 2.75 bits per heavy atom. The number of benzene rings is 2. The lowest BCUT2D eigenvalue weighted by Crippen LogP contribution is -2.34. The van der Waals surface area contributed by atoms with E-state index >= 15 is 0 Å². The molecule has 2 aromatic rings. The summed E-state index contributed by atoms with van der Waals surface area (Å²) in [6, 6.07) is 12.7. The Bertz CT molecular complexity index is 868. The average Bonchev–Trinajstić information content (AvgIpc) is 3.15. The molecule has 1 aliphatic rings. The molecule has 1 unspecified atom stereocenters. The molecule has 1 saturated heterocycles. The summed E-state index contributed by atoms with van der Waals surface area (Å²) in [4.78, 5) is 25.8. The number of nitrogens with one attached hydrogen (secondary N) is 2. The summed E-state index contributed by atoms with van der Waals surface area (Å²) in [6.07, 6.45) is 1.00. The molecule has 148 valence electrons. The van der Waals surface area contributed by atoms with Crippen LogP contribution in [0.5, 0.6) is 5.75 Å². The van der Waals surface area contributed by atoms with Gasteiger partial charge in [0.1, 0.15) is 5.75 Å². The van der Waals surface area contributed by atoms with E-state index in [9.17, 15) is 9.59 Å². The molecule has 28 heavy (non-hydrogen) atoms. The number of primary amides is 1. The number of ether oxygens (including phenoxy) is 1. The highest BCUT2D eigenvalue weighted by Gasteiger charge is 2.24. The first kappa shape index (κ1) is 19.5. The summed E-state index contributed by atoms with van der Waals surface area (Å²) >= 11 is 0. The van der Waals surface area contributed by atoms with Crippen LogP contribution >= 0.6 is 0 Å². The van der Waals surface area contributed by atoms with Gasteiger partial charge in [-0.15, -0.1) is 0 Å². The topological polar surface area (TPSA) is 96.7 Å². The number of rotatable bonds is 6. The van der Waals surface area contributed by atoms with Gasteiger partial charge in [-0.3, -0.25) is 4.79 Å². The molecule has 0 saturated carbocycles. The van der Waals surface area contributed by atoms with Gasteiger partial charge in [0, 0.05) is 30.9 Å². The highest BCUT2D eigenvalue weighted by atomic mass is 16.5. The van der Waals surface area contributed by atoms with Gasteiger partial charge < -0.3 is 26.0 Å². The Morgan fingerprint density at radius 2 is 2.04 bits per heavy atom. The Morgan fingerprint density at radius 1 is 1.25 bits per heavy atom. The van der Waals surface area contributed by atoms with Crippen molar-refractivity contribution in [2.75, 3.05) is 37.0 Å². The number of anilines is 2. The minimum Gasteiger partial charge on any atom is -0.495 e. The van der Waals surface area contributed by atoms with E-state index in [2.05, 4.69) is 21.6 Å². The van der Waals surface area contributed by atoms with Crippen LogP contribution in [0.3, 0.4) is 0 Å². The Labute approximate surface area is 164 Å². The third-order valence-corrected chi connectivity index (χ3v) is 5.01. The molecule has 1 atom stereocenters. The van der Waals surface area contributed by atoms with Gasteiger partial charge in [-0.1, -0.05) is 12.1 Å². The summed E-state index contributed by atoms with van der Waals surface area (Å²) in [7, 11) is 1.68. The lowest BCUT2D eigenvalue weighted by molar-refractivity contribution is 0.0999. The molecule has 4 N–H and O–H groups in total. The number of carbonyl (C=O) groups is 2. The van der Waals surface area contributed by atoms with Crippen LogP contribution in [0.1, 0.15) is 22.3 Å². The van der Waals surface area contributed by atoms with Gasteiger partial charge in [0.25, 0.3) is 0 Å². The maximum Gasteiger partial charge on any atom is 0.319 e. The van der Waals surface area contributed by atoms with Crippen molar-refractivity contribution < 1.29 is 14.3 Å². The molecule has 2 aromatic carbocycles. The fourth-order valence-corrected chi connectivity index (χ4v) is 3.54. The van der Waals surface area contributed by atoms with Crippen LogP contribution in [-0.4, -0.2) is 38.7 Å². The lowest BCUT2D eigenvalue weighted by atomic mass is 10.1. The zero-order valence-corrected chi connectivity index (χ0v) is 16.2. The van der Waals surface area contributed by atoms with E-state index < -0.39 is 5.91 Å². The van der Waals surface area contributed by atoms with Crippen molar-refractivity contribution in [3.63, 3.8) is 0 Å². The zero-order chi connectivity index (χ0) is 20.1. The predicted octanol–water partition coefficient (Wildman–Crippen LogP) is 2.75. The quantitative estimate of drug-likeness (QED) is 0.716. The minimum absolute atomic E-state index is 0.262. The van der Waals surface area contributed by atoms with E-state index in [1.54, 1.807) is 32.2 Å². The molecule has 0 aliphatic carbocycles. The summed E-state index contributed by atoms with van der Waals surface area (Å²) < 4.78 is 5.44. The largest absolute Gasteiger partial charge is 0.495 e. The van der Waals surface area contributed by atoms with Crippen LogP contribution in [0, 0.1) is 12.8 Å². The second-order valence-electron chi connectivity index (χ2n) is 7.00. The van der Waals surface area contributed by atoms with Gasteiger partial charge in [-0.05, 0) is 55.2 Å². The first-order chi connectivity index (χ1) is 13.5. The van der Waals surface area contributed by atoms with Gasteiger partial charge >= 0.3 is 6.03 Å². The molecule has 7 heteroatoms. The van der Waals surface area contributed by atoms with E-state index in [0.29, 0.717) is 23.7 Å². The first-order valence-corrected chi connectivity index (χ1v) is 9.31. The van der Waals surface area contributed by atoms with Gasteiger partial charge in [-0.25, -0.2) is 4.79 Å². The van der Waals surface area contributed by atoms with Gasteiger partial charge in [-0.2, -0.15) is 0 Å². The normalized spacial score (nSPS) is 15.9. The number of nitrogens with two attached hydrogens (primary N) is 1. The van der Waals surface area contributed by atoms with Crippen molar-refractivity contribution in [2.24, 2.45) is 11.7 Å². The number of hydrogen-bond donors (Lipinski definition) is 3. The standard InChI is InChI=1S/C21H26N4O3/c1-14-11-16(7-8-17(14)20(22)26)24-21(27)23-12-15-9-10-25(13-15)18-5-3-4-6-19(18)28-2/h3-8,11,15H,9-10,12-13H2,1-2H3,(H2,22,26)(H2,23,24,27). The van der Waals surface area contributed by atoms with Crippen LogP contribution in [-0.2, 0) is 0 Å². The highest BCUT2D eigenvalue weighted by Crippen LogP contribution is 2.31. The van der Waals surface area contributed by atoms with Crippen LogP contribution in [0.2, 0.25) is 0 Å². The van der Waals surface area contributed by atoms with Crippen molar-refractivity contribution in [3.8, 4) is 5.75 Å². The van der Waals surface area contributed by atoms with Gasteiger partial charge in [0.2, 0.25) is 5.91 Å². The maximum absolute atomic E-state index is 12.2. The molecule has 3 rings (SSSR count). The molecule has 0 aromatic heterocycles. The van der Waals surface area contributed by atoms with E-state index in [4.69, 9.17) is 10.5 Å². The summed E-state index contributed by atoms with van der Waals surface area (Å²) in [6.45, 7) is 4.18. The van der Waals surface area contributed by atoms with Gasteiger partial charge in [0.15, 0.2) is 0 Å². The minimum atomic E-state index is -0.477. The second-order valence-corrected chi connectivity index (χ2v) is 7.00. The van der Waals surface area contributed by atoms with Crippen molar-refractivity contribution in [2.45, 2.75) is 13.3 Å². The van der Waals surface area contributed by atoms with Crippen molar-refractivity contribution in [1.29, 1.82) is 0 Å². The van der Waals surface area contributed by atoms with Crippen LogP contribution in [0.4, 0.5) is 16.2 Å². The number of amides is 3. The summed E-state index contributed by atoms with van der Waals surface area (Å²) in [5.41, 5.74) is 8.20. The predicted molar refractivity (Wildman–Crippen MR) is 110 cm³/mol. The highest BCUT2D eigenvalue weighted by molar-refractivity contribution is 5.96. The smallest absolute Gasteiger partial charge is 0.319 e. The monoisotopic (exact) mass is 382 g/mol. The Kier molecular flexibility index (Phi) is 6.03. The van der Waals surface area contributed by atoms with E-state index in [1.165, 1.54) is 0 Å². The Balaban J connectivity index is 1.50. The Hall–Kier alpha value is -3.22. The fourth-order valence-electron chi connectivity index (χ4n) is 3.54. The molecule has 0 spiro atoms. The third-order valence-electron chi connectivity index (χ3n) is 5.01.